The molecule has 2 N–H and O–H groups in total. The zero-order valence-corrected chi connectivity index (χ0v) is 11.4. The van der Waals surface area contributed by atoms with Gasteiger partial charge in [-0.2, -0.15) is 0 Å². The van der Waals surface area contributed by atoms with Crippen LogP contribution >= 0.6 is 15.9 Å². The molecule has 0 heterocycles. The molecule has 4 heteroatoms. The first-order valence-electron chi connectivity index (χ1n) is 5.87. The van der Waals surface area contributed by atoms with Gasteiger partial charge in [-0.3, -0.25) is 0 Å². The first kappa shape index (κ1) is 12.4. The van der Waals surface area contributed by atoms with Gasteiger partial charge < -0.3 is 10.4 Å². The number of anilines is 1. The lowest BCUT2D eigenvalue weighted by molar-refractivity contribution is 0.0697. The Bertz CT molecular complexity index is 436. The van der Waals surface area contributed by atoms with E-state index in [1.165, 1.54) is 19.3 Å². The molecule has 0 saturated heterocycles. The highest BCUT2D eigenvalue weighted by Crippen LogP contribution is 2.39. The molecule has 0 spiro atoms. The normalized spacial score (nSPS) is 17.3. The molecule has 0 atom stereocenters. The van der Waals surface area contributed by atoms with Crippen molar-refractivity contribution < 1.29 is 9.90 Å². The van der Waals surface area contributed by atoms with Crippen LogP contribution in [0, 0.1) is 0 Å². The van der Waals surface area contributed by atoms with Crippen molar-refractivity contribution in [3.63, 3.8) is 0 Å². The van der Waals surface area contributed by atoms with Gasteiger partial charge in [0.1, 0.15) is 0 Å². The third-order valence-electron chi connectivity index (χ3n) is 3.60. The minimum Gasteiger partial charge on any atom is -0.478 e. The third-order valence-corrected chi connectivity index (χ3v) is 4.26. The van der Waals surface area contributed by atoms with Gasteiger partial charge in [0.2, 0.25) is 0 Å². The Morgan fingerprint density at radius 3 is 2.65 bits per heavy atom. The number of carbonyl (C=O) groups is 1. The molecule has 1 aromatic rings. The van der Waals surface area contributed by atoms with Crippen molar-refractivity contribution in [1.82, 2.24) is 0 Å². The molecule has 0 aliphatic heterocycles. The van der Waals surface area contributed by atoms with E-state index >= 15 is 0 Å². The van der Waals surface area contributed by atoms with Gasteiger partial charge in [0, 0.05) is 15.7 Å². The molecule has 2 rings (SSSR count). The monoisotopic (exact) mass is 297 g/mol. The summed E-state index contributed by atoms with van der Waals surface area (Å²) in [5.41, 5.74) is 1.51. The molecule has 0 radical (unpaired) electrons. The Labute approximate surface area is 109 Å². The fraction of sp³-hybridized carbons (Fsp3) is 0.462. The van der Waals surface area contributed by atoms with Crippen LogP contribution in [0.4, 0.5) is 5.69 Å². The van der Waals surface area contributed by atoms with Crippen LogP contribution in [0.25, 0.3) is 0 Å². The summed E-state index contributed by atoms with van der Waals surface area (Å²) in [4.78, 5) is 10.8. The van der Waals surface area contributed by atoms with Gasteiger partial charge in [-0.25, -0.2) is 4.79 Å². The number of carboxylic acid groups (broad SMARTS) is 1. The number of rotatable bonds is 4. The van der Waals surface area contributed by atoms with E-state index in [4.69, 9.17) is 5.11 Å². The maximum Gasteiger partial charge on any atom is 0.335 e. The fourth-order valence-electron chi connectivity index (χ4n) is 2.21. The van der Waals surface area contributed by atoms with Crippen LogP contribution in [-0.4, -0.2) is 16.6 Å². The smallest absolute Gasteiger partial charge is 0.335 e. The fourth-order valence-corrected chi connectivity index (χ4v) is 2.68. The minimum absolute atomic E-state index is 0.216. The summed E-state index contributed by atoms with van der Waals surface area (Å²) in [6.07, 6.45) is 4.75. The van der Waals surface area contributed by atoms with E-state index in [0.29, 0.717) is 5.56 Å². The summed E-state index contributed by atoms with van der Waals surface area (Å²) in [5.74, 6) is -0.897. The summed E-state index contributed by atoms with van der Waals surface area (Å²) in [6, 6.07) is 5.12. The van der Waals surface area contributed by atoms with E-state index in [1.54, 1.807) is 12.1 Å². The quantitative estimate of drug-likeness (QED) is 0.886. The van der Waals surface area contributed by atoms with Crippen LogP contribution < -0.4 is 5.32 Å². The van der Waals surface area contributed by atoms with E-state index in [0.717, 1.165) is 16.6 Å². The lowest BCUT2D eigenvalue weighted by Gasteiger charge is -2.43. The first-order chi connectivity index (χ1) is 8.06. The first-order valence-corrected chi connectivity index (χ1v) is 6.67. The molecule has 1 aliphatic rings. The Morgan fingerprint density at radius 1 is 1.53 bits per heavy atom. The highest BCUT2D eigenvalue weighted by molar-refractivity contribution is 9.10. The van der Waals surface area contributed by atoms with Gasteiger partial charge in [0.25, 0.3) is 0 Å². The molecule has 0 unspecified atom stereocenters. The number of hydrogen-bond acceptors (Lipinski definition) is 2. The topological polar surface area (TPSA) is 49.3 Å². The summed E-state index contributed by atoms with van der Waals surface area (Å²) in [7, 11) is 0. The summed E-state index contributed by atoms with van der Waals surface area (Å²) in [5, 5.41) is 12.4. The van der Waals surface area contributed by atoms with Crippen LogP contribution in [0.3, 0.4) is 0 Å². The van der Waals surface area contributed by atoms with Crippen LogP contribution in [0.2, 0.25) is 0 Å². The second kappa shape index (κ2) is 4.69. The molecule has 0 aromatic heterocycles. The maximum atomic E-state index is 10.8. The van der Waals surface area contributed by atoms with Crippen molar-refractivity contribution in [2.45, 2.75) is 38.1 Å². The van der Waals surface area contributed by atoms with Crippen molar-refractivity contribution in [3.05, 3.63) is 28.2 Å². The van der Waals surface area contributed by atoms with Gasteiger partial charge in [-0.1, -0.05) is 6.92 Å². The molecule has 3 nitrogen and oxygen atoms in total. The standard InChI is InChI=1S/C13H16BrNO2/c1-2-13(6-3-7-13)15-11-5-4-9(12(16)17)8-10(11)14/h4-5,8,15H,2-3,6-7H2,1H3,(H,16,17). The predicted molar refractivity (Wildman–Crippen MR) is 71.6 cm³/mol. The Kier molecular flexibility index (Phi) is 3.43. The number of hydrogen-bond donors (Lipinski definition) is 2. The van der Waals surface area contributed by atoms with E-state index < -0.39 is 5.97 Å². The van der Waals surface area contributed by atoms with E-state index in [1.807, 2.05) is 6.07 Å². The molecule has 1 saturated carbocycles. The Morgan fingerprint density at radius 2 is 2.24 bits per heavy atom. The lowest BCUT2D eigenvalue weighted by atomic mass is 9.74. The number of carboxylic acids is 1. The molecule has 0 amide bonds. The van der Waals surface area contributed by atoms with Crippen molar-refractivity contribution in [1.29, 1.82) is 0 Å². The highest BCUT2D eigenvalue weighted by atomic mass is 79.9. The van der Waals surface area contributed by atoms with Crippen molar-refractivity contribution >= 4 is 27.6 Å². The van der Waals surface area contributed by atoms with Gasteiger partial charge in [0.05, 0.1) is 5.56 Å². The van der Waals surface area contributed by atoms with Crippen molar-refractivity contribution in [2.75, 3.05) is 5.32 Å². The number of benzene rings is 1. The van der Waals surface area contributed by atoms with Crippen LogP contribution in [0.5, 0.6) is 0 Å². The number of aromatic carboxylic acids is 1. The zero-order chi connectivity index (χ0) is 12.5. The number of nitrogens with one attached hydrogen (secondary N) is 1. The largest absolute Gasteiger partial charge is 0.478 e. The average molecular weight is 298 g/mol. The van der Waals surface area contributed by atoms with Gasteiger partial charge in [-0.15, -0.1) is 0 Å². The Balaban J connectivity index is 2.19. The lowest BCUT2D eigenvalue weighted by Crippen LogP contribution is -2.44. The van der Waals surface area contributed by atoms with Crippen molar-refractivity contribution in [2.24, 2.45) is 0 Å². The van der Waals surface area contributed by atoms with Crippen LogP contribution in [0.1, 0.15) is 43.0 Å². The second-order valence-corrected chi connectivity index (χ2v) is 5.47. The van der Waals surface area contributed by atoms with Gasteiger partial charge in [-0.05, 0) is 59.8 Å². The minimum atomic E-state index is -0.897. The Hall–Kier alpha value is -1.03. The summed E-state index contributed by atoms with van der Waals surface area (Å²) in [6.45, 7) is 2.19. The molecule has 1 aromatic carbocycles. The van der Waals surface area contributed by atoms with E-state index in [-0.39, 0.29) is 5.54 Å². The predicted octanol–water partition coefficient (Wildman–Crippen LogP) is 3.89. The summed E-state index contributed by atoms with van der Waals surface area (Å²) < 4.78 is 0.817. The molecule has 92 valence electrons. The second-order valence-electron chi connectivity index (χ2n) is 4.61. The van der Waals surface area contributed by atoms with Gasteiger partial charge in [0.15, 0.2) is 0 Å². The molecule has 0 bridgehead atoms. The molecular weight excluding hydrogens is 282 g/mol. The molecule has 1 fully saturated rings. The molecular formula is C13H16BrNO2. The zero-order valence-electron chi connectivity index (χ0n) is 9.79. The third kappa shape index (κ3) is 2.46. The maximum absolute atomic E-state index is 10.8. The SMILES string of the molecule is CCC1(Nc2ccc(C(=O)O)cc2Br)CCC1. The summed E-state index contributed by atoms with van der Waals surface area (Å²) >= 11 is 3.42. The number of halogens is 1. The van der Waals surface area contributed by atoms with Crippen LogP contribution in [-0.2, 0) is 0 Å². The highest BCUT2D eigenvalue weighted by Gasteiger charge is 2.35. The molecule has 17 heavy (non-hydrogen) atoms. The molecule has 1 aliphatic carbocycles. The van der Waals surface area contributed by atoms with Crippen molar-refractivity contribution in [3.8, 4) is 0 Å². The van der Waals surface area contributed by atoms with Crippen LogP contribution in [0.15, 0.2) is 22.7 Å². The van der Waals surface area contributed by atoms with E-state index in [2.05, 4.69) is 28.2 Å². The average Bonchev–Trinajstić information content (AvgIpc) is 2.25. The van der Waals surface area contributed by atoms with E-state index in [9.17, 15) is 4.79 Å². The van der Waals surface area contributed by atoms with Gasteiger partial charge >= 0.3 is 5.97 Å².